The van der Waals surface area contributed by atoms with E-state index in [1.165, 1.54) is 29.8 Å². The van der Waals surface area contributed by atoms with Crippen LogP contribution in [-0.4, -0.2) is 26.4 Å². The van der Waals surface area contributed by atoms with Crippen molar-refractivity contribution in [3.05, 3.63) is 77.5 Å². The van der Waals surface area contributed by atoms with E-state index in [9.17, 15) is 22.8 Å². The van der Waals surface area contributed by atoms with Crippen LogP contribution in [0.25, 0.3) is 0 Å². The number of hydrogen-bond acceptors (Lipinski definition) is 5. The number of carbonyl (C=O) groups is 2. The van der Waals surface area contributed by atoms with Gasteiger partial charge in [0, 0.05) is 12.4 Å². The summed E-state index contributed by atoms with van der Waals surface area (Å²) in [5.41, 5.74) is 0.0342. The molecule has 1 amide bonds. The molecule has 0 radical (unpaired) electrons. The van der Waals surface area contributed by atoms with E-state index in [1.807, 2.05) is 30.3 Å². The number of ether oxygens (including phenoxy) is 1. The van der Waals surface area contributed by atoms with Gasteiger partial charge in [0.25, 0.3) is 0 Å². The highest BCUT2D eigenvalue weighted by molar-refractivity contribution is 5.94. The number of imidazole rings is 1. The summed E-state index contributed by atoms with van der Waals surface area (Å²) >= 11 is 0. The summed E-state index contributed by atoms with van der Waals surface area (Å²) in [7, 11) is 0. The number of carbonyl (C=O) groups excluding carboxylic acids is 2. The Bertz CT molecular complexity index is 1190. The van der Waals surface area contributed by atoms with Gasteiger partial charge in [-0.25, -0.2) is 14.8 Å². The molecule has 3 aromatic rings. The fourth-order valence-electron chi connectivity index (χ4n) is 4.45. The number of nitrogens with one attached hydrogen (secondary N) is 1. The summed E-state index contributed by atoms with van der Waals surface area (Å²) in [5.74, 6) is -0.499. The van der Waals surface area contributed by atoms with Crippen molar-refractivity contribution in [3.63, 3.8) is 0 Å². The van der Waals surface area contributed by atoms with E-state index in [2.05, 4.69) is 15.3 Å². The van der Waals surface area contributed by atoms with Crippen LogP contribution >= 0.6 is 0 Å². The van der Waals surface area contributed by atoms with Crippen LogP contribution in [0.4, 0.5) is 19.0 Å². The van der Waals surface area contributed by atoms with Crippen LogP contribution in [0.2, 0.25) is 0 Å². The normalized spacial score (nSPS) is 15.0. The molecule has 0 saturated heterocycles. The van der Waals surface area contributed by atoms with E-state index >= 15 is 0 Å². The summed E-state index contributed by atoms with van der Waals surface area (Å²) in [6.45, 7) is 1.57. The van der Waals surface area contributed by atoms with Crippen LogP contribution in [-0.2, 0) is 22.3 Å². The van der Waals surface area contributed by atoms with Crippen LogP contribution < -0.4 is 5.32 Å². The molecule has 0 unspecified atom stereocenters. The number of amides is 1. The number of anilines is 1. The molecule has 1 fully saturated rings. The van der Waals surface area contributed by atoms with Crippen molar-refractivity contribution in [2.75, 3.05) is 5.32 Å². The molecule has 1 atom stereocenters. The van der Waals surface area contributed by atoms with Gasteiger partial charge >= 0.3 is 12.1 Å². The Kier molecular flexibility index (Phi) is 7.71. The van der Waals surface area contributed by atoms with Gasteiger partial charge in [0.2, 0.25) is 5.91 Å². The van der Waals surface area contributed by atoms with Gasteiger partial charge in [-0.1, -0.05) is 56.0 Å². The number of aryl methyl sites for hydroxylation is 1. The number of nitrogens with zero attached hydrogens (tertiary/aromatic N) is 3. The first kappa shape index (κ1) is 25.4. The number of aromatic nitrogens is 3. The van der Waals surface area contributed by atoms with E-state index in [1.54, 1.807) is 0 Å². The molecular formula is C26H27F3N4O3. The summed E-state index contributed by atoms with van der Waals surface area (Å²) < 4.78 is 46.3. The van der Waals surface area contributed by atoms with Crippen LogP contribution in [0.1, 0.15) is 65.6 Å². The standard InChI is InChI=1S/C26H27F3N4O3/c1-17-31-22(26(27,28)29)15-33(17)21(13-18-7-5-6-8-18)24(34)32-23-12-11-20(14-30-23)25(35)36-16-19-9-3-2-4-10-19/h2-4,9-12,14-15,18,21H,5-8,13,16H2,1H3,(H,30,32,34)/t21-/m1/s1. The van der Waals surface area contributed by atoms with E-state index in [0.717, 1.165) is 37.4 Å². The average Bonchev–Trinajstić information content (AvgIpc) is 3.51. The third kappa shape index (κ3) is 6.30. The van der Waals surface area contributed by atoms with Crippen molar-refractivity contribution in [3.8, 4) is 0 Å². The molecule has 1 N–H and O–H groups in total. The zero-order chi connectivity index (χ0) is 25.7. The molecule has 7 nitrogen and oxygen atoms in total. The van der Waals surface area contributed by atoms with Gasteiger partial charge in [-0.05, 0) is 37.0 Å². The molecule has 10 heteroatoms. The second-order valence-corrected chi connectivity index (χ2v) is 8.96. The number of halogens is 3. The quantitative estimate of drug-likeness (QED) is 0.400. The maximum Gasteiger partial charge on any atom is 0.434 e. The van der Waals surface area contributed by atoms with Crippen LogP contribution in [0.15, 0.2) is 54.9 Å². The summed E-state index contributed by atoms with van der Waals surface area (Å²) in [4.78, 5) is 33.3. The number of pyridine rings is 1. The fourth-order valence-corrected chi connectivity index (χ4v) is 4.45. The van der Waals surface area contributed by atoms with Gasteiger partial charge in [0.05, 0.1) is 5.56 Å². The van der Waals surface area contributed by atoms with Crippen molar-refractivity contribution in [1.29, 1.82) is 0 Å². The van der Waals surface area contributed by atoms with E-state index in [4.69, 9.17) is 4.74 Å². The van der Waals surface area contributed by atoms with Gasteiger partial charge < -0.3 is 14.6 Å². The first-order valence-corrected chi connectivity index (χ1v) is 11.8. The summed E-state index contributed by atoms with van der Waals surface area (Å²) in [6, 6.07) is 11.3. The summed E-state index contributed by atoms with van der Waals surface area (Å²) in [5, 5.41) is 2.68. The molecule has 1 saturated carbocycles. The smallest absolute Gasteiger partial charge is 0.434 e. The van der Waals surface area contributed by atoms with Crippen molar-refractivity contribution >= 4 is 17.7 Å². The Balaban J connectivity index is 1.45. The lowest BCUT2D eigenvalue weighted by Gasteiger charge is -2.22. The number of hydrogen-bond donors (Lipinski definition) is 1. The highest BCUT2D eigenvalue weighted by Gasteiger charge is 2.36. The van der Waals surface area contributed by atoms with Crippen LogP contribution in [0.3, 0.4) is 0 Å². The minimum atomic E-state index is -4.60. The van der Waals surface area contributed by atoms with Gasteiger partial charge in [-0.2, -0.15) is 13.2 Å². The third-order valence-corrected chi connectivity index (χ3v) is 6.34. The Labute approximate surface area is 206 Å². The number of rotatable bonds is 8. The third-order valence-electron chi connectivity index (χ3n) is 6.34. The minimum Gasteiger partial charge on any atom is -0.457 e. The monoisotopic (exact) mass is 500 g/mol. The molecular weight excluding hydrogens is 473 g/mol. The van der Waals surface area contributed by atoms with Gasteiger partial charge in [0.1, 0.15) is 24.3 Å². The zero-order valence-electron chi connectivity index (χ0n) is 19.8. The Morgan fingerprint density at radius 1 is 1.14 bits per heavy atom. The first-order valence-electron chi connectivity index (χ1n) is 11.8. The highest BCUT2D eigenvalue weighted by atomic mass is 19.4. The second kappa shape index (κ2) is 10.9. The molecule has 2 heterocycles. The molecule has 1 aromatic carbocycles. The number of alkyl halides is 3. The average molecular weight is 501 g/mol. The molecule has 36 heavy (non-hydrogen) atoms. The van der Waals surface area contributed by atoms with Gasteiger partial charge in [-0.3, -0.25) is 4.79 Å². The SMILES string of the molecule is Cc1nc(C(F)(F)F)cn1[C@H](CC1CCCC1)C(=O)Nc1ccc(C(=O)OCc2ccccc2)cn1. The Hall–Kier alpha value is -3.69. The molecule has 2 aromatic heterocycles. The second-order valence-electron chi connectivity index (χ2n) is 8.96. The lowest BCUT2D eigenvalue weighted by Crippen LogP contribution is -2.28. The minimum absolute atomic E-state index is 0.116. The summed E-state index contributed by atoms with van der Waals surface area (Å²) in [6.07, 6.45) is 1.94. The van der Waals surface area contributed by atoms with Crippen LogP contribution in [0, 0.1) is 12.8 Å². The lowest BCUT2D eigenvalue weighted by molar-refractivity contribution is -0.141. The molecule has 1 aliphatic carbocycles. The number of esters is 1. The van der Waals surface area contributed by atoms with Crippen LogP contribution in [0.5, 0.6) is 0 Å². The first-order chi connectivity index (χ1) is 17.2. The zero-order valence-corrected chi connectivity index (χ0v) is 19.8. The van der Waals surface area contributed by atoms with E-state index < -0.39 is 29.8 Å². The molecule has 1 aliphatic rings. The predicted molar refractivity (Wildman–Crippen MR) is 126 cm³/mol. The van der Waals surface area contributed by atoms with Gasteiger partial charge in [0.15, 0.2) is 5.69 Å². The molecule has 0 bridgehead atoms. The maximum absolute atomic E-state index is 13.2. The number of benzene rings is 1. The fraction of sp³-hybridized carbons (Fsp3) is 0.385. The Morgan fingerprint density at radius 2 is 1.86 bits per heavy atom. The van der Waals surface area contributed by atoms with E-state index in [0.29, 0.717) is 6.42 Å². The van der Waals surface area contributed by atoms with Crippen molar-refractivity contribution < 1.29 is 27.5 Å². The van der Waals surface area contributed by atoms with Gasteiger partial charge in [-0.15, -0.1) is 0 Å². The lowest BCUT2D eigenvalue weighted by atomic mass is 9.97. The molecule has 0 aliphatic heterocycles. The highest BCUT2D eigenvalue weighted by Crippen LogP contribution is 2.35. The molecule has 4 rings (SSSR count). The van der Waals surface area contributed by atoms with Crippen molar-refractivity contribution in [1.82, 2.24) is 14.5 Å². The molecule has 0 spiro atoms. The van der Waals surface area contributed by atoms with E-state index in [-0.39, 0.29) is 29.7 Å². The predicted octanol–water partition coefficient (Wildman–Crippen LogP) is 5.72. The topological polar surface area (TPSA) is 86.1 Å². The van der Waals surface area contributed by atoms with Crippen molar-refractivity contribution in [2.24, 2.45) is 5.92 Å². The largest absolute Gasteiger partial charge is 0.457 e. The van der Waals surface area contributed by atoms with Crippen molar-refractivity contribution in [2.45, 2.75) is 57.9 Å². The maximum atomic E-state index is 13.2. The Morgan fingerprint density at radius 3 is 2.47 bits per heavy atom. The molecule has 190 valence electrons.